The molecule has 0 saturated carbocycles. The summed E-state index contributed by atoms with van der Waals surface area (Å²) in [6.45, 7) is 4.82. The number of aromatic nitrogens is 2. The van der Waals surface area contributed by atoms with E-state index in [0.29, 0.717) is 28.4 Å². The minimum absolute atomic E-state index is 0.0579. The van der Waals surface area contributed by atoms with Gasteiger partial charge in [0.2, 0.25) is 11.7 Å². The SMILES string of the molecule is Cc1nc(-c2ccc(OS(=O)(=O)c3cc([N+](=O)[O-])cc(C)c3C)cc2)no1. The van der Waals surface area contributed by atoms with E-state index in [-0.39, 0.29) is 16.3 Å². The third-order valence-corrected chi connectivity index (χ3v) is 5.31. The molecular formula is C17H15N3O6S. The fourth-order valence-corrected chi connectivity index (χ4v) is 3.68. The number of benzene rings is 2. The number of non-ortho nitro benzene ring substituents is 1. The Kier molecular flexibility index (Phi) is 4.66. The topological polar surface area (TPSA) is 125 Å². The molecule has 0 unspecified atom stereocenters. The number of nitrogens with zero attached hydrogens (tertiary/aromatic N) is 3. The minimum atomic E-state index is -4.25. The first-order valence-electron chi connectivity index (χ1n) is 7.78. The predicted molar refractivity (Wildman–Crippen MR) is 94.9 cm³/mol. The molecule has 0 saturated heterocycles. The molecule has 0 fully saturated rings. The van der Waals surface area contributed by atoms with Crippen LogP contribution in [0, 0.1) is 30.9 Å². The van der Waals surface area contributed by atoms with E-state index in [2.05, 4.69) is 10.1 Å². The van der Waals surface area contributed by atoms with Crippen molar-refractivity contribution in [3.8, 4) is 17.1 Å². The van der Waals surface area contributed by atoms with Gasteiger partial charge in [-0.25, -0.2) is 0 Å². The second-order valence-electron chi connectivity index (χ2n) is 5.84. The van der Waals surface area contributed by atoms with Gasteiger partial charge in [-0.2, -0.15) is 13.4 Å². The Hall–Kier alpha value is -3.27. The lowest BCUT2D eigenvalue weighted by Crippen LogP contribution is -2.12. The molecule has 1 aromatic heterocycles. The van der Waals surface area contributed by atoms with Crippen molar-refractivity contribution in [3.05, 3.63) is 63.5 Å². The van der Waals surface area contributed by atoms with Gasteiger partial charge < -0.3 is 8.71 Å². The lowest BCUT2D eigenvalue weighted by Gasteiger charge is -2.11. The number of nitro benzene ring substituents is 1. The third kappa shape index (κ3) is 3.80. The van der Waals surface area contributed by atoms with E-state index < -0.39 is 15.0 Å². The summed E-state index contributed by atoms with van der Waals surface area (Å²) in [4.78, 5) is 14.2. The van der Waals surface area contributed by atoms with E-state index in [1.54, 1.807) is 32.9 Å². The summed E-state index contributed by atoms with van der Waals surface area (Å²) < 4.78 is 35.3. The zero-order chi connectivity index (χ0) is 19.8. The highest BCUT2D eigenvalue weighted by Gasteiger charge is 2.24. The van der Waals surface area contributed by atoms with Gasteiger partial charge in [0.05, 0.1) is 4.92 Å². The van der Waals surface area contributed by atoms with Gasteiger partial charge in [-0.15, -0.1) is 0 Å². The molecule has 3 rings (SSSR count). The van der Waals surface area contributed by atoms with E-state index >= 15 is 0 Å². The number of hydrogen-bond acceptors (Lipinski definition) is 8. The van der Waals surface area contributed by atoms with Crippen LogP contribution in [0.5, 0.6) is 5.75 Å². The highest BCUT2D eigenvalue weighted by Crippen LogP contribution is 2.28. The van der Waals surface area contributed by atoms with Gasteiger partial charge in [0, 0.05) is 24.6 Å². The zero-order valence-corrected chi connectivity index (χ0v) is 15.5. The molecule has 0 N–H and O–H groups in total. The molecule has 2 aromatic carbocycles. The average Bonchev–Trinajstić information content (AvgIpc) is 3.03. The van der Waals surface area contributed by atoms with E-state index in [1.165, 1.54) is 18.2 Å². The van der Waals surface area contributed by atoms with Gasteiger partial charge >= 0.3 is 10.1 Å². The molecule has 0 spiro atoms. The van der Waals surface area contributed by atoms with Gasteiger partial charge in [-0.3, -0.25) is 10.1 Å². The van der Waals surface area contributed by atoms with E-state index in [4.69, 9.17) is 8.71 Å². The van der Waals surface area contributed by atoms with Crippen molar-refractivity contribution in [2.24, 2.45) is 0 Å². The monoisotopic (exact) mass is 389 g/mol. The first-order valence-corrected chi connectivity index (χ1v) is 9.19. The van der Waals surface area contributed by atoms with Crippen LogP contribution in [0.2, 0.25) is 0 Å². The van der Waals surface area contributed by atoms with Crippen molar-refractivity contribution in [1.82, 2.24) is 10.1 Å². The lowest BCUT2D eigenvalue weighted by atomic mass is 10.1. The quantitative estimate of drug-likeness (QED) is 0.369. The van der Waals surface area contributed by atoms with Crippen LogP contribution < -0.4 is 4.18 Å². The predicted octanol–water partition coefficient (Wildman–Crippen LogP) is 3.34. The van der Waals surface area contributed by atoms with Crippen molar-refractivity contribution >= 4 is 15.8 Å². The van der Waals surface area contributed by atoms with Crippen LogP contribution in [0.3, 0.4) is 0 Å². The molecule has 27 heavy (non-hydrogen) atoms. The Morgan fingerprint density at radius 3 is 2.33 bits per heavy atom. The second kappa shape index (κ2) is 6.80. The zero-order valence-electron chi connectivity index (χ0n) is 14.7. The molecule has 140 valence electrons. The Labute approximate surface area is 154 Å². The minimum Gasteiger partial charge on any atom is -0.379 e. The maximum Gasteiger partial charge on any atom is 0.339 e. The Bertz CT molecular complexity index is 1120. The van der Waals surface area contributed by atoms with Crippen LogP contribution in [-0.2, 0) is 10.1 Å². The highest BCUT2D eigenvalue weighted by atomic mass is 32.2. The molecule has 10 heteroatoms. The first kappa shape index (κ1) is 18.5. The van der Waals surface area contributed by atoms with Crippen LogP contribution in [-0.4, -0.2) is 23.5 Å². The van der Waals surface area contributed by atoms with E-state index in [1.807, 2.05) is 0 Å². The maximum absolute atomic E-state index is 12.6. The summed E-state index contributed by atoms with van der Waals surface area (Å²) in [5, 5.41) is 14.8. The van der Waals surface area contributed by atoms with Crippen molar-refractivity contribution in [2.45, 2.75) is 25.7 Å². The van der Waals surface area contributed by atoms with Crippen molar-refractivity contribution in [1.29, 1.82) is 0 Å². The fraction of sp³-hybridized carbons (Fsp3) is 0.176. The molecule has 0 radical (unpaired) electrons. The summed E-state index contributed by atoms with van der Waals surface area (Å²) in [5.41, 5.74) is 1.18. The second-order valence-corrected chi connectivity index (χ2v) is 7.36. The molecule has 0 aliphatic carbocycles. The summed E-state index contributed by atoms with van der Waals surface area (Å²) >= 11 is 0. The van der Waals surface area contributed by atoms with Gasteiger partial charge in [0.15, 0.2) is 0 Å². The summed E-state index contributed by atoms with van der Waals surface area (Å²) in [6, 6.07) is 8.36. The Morgan fingerprint density at radius 2 is 1.78 bits per heavy atom. The van der Waals surface area contributed by atoms with Gasteiger partial charge in [-0.1, -0.05) is 5.16 Å². The van der Waals surface area contributed by atoms with Gasteiger partial charge in [-0.05, 0) is 49.2 Å². The standard InChI is InChI=1S/C17H15N3O6S/c1-10-8-14(20(21)22)9-16(11(10)2)27(23,24)26-15-6-4-13(5-7-15)17-18-12(3)25-19-17/h4-9H,1-3H3. The Morgan fingerprint density at radius 1 is 1.11 bits per heavy atom. The molecule has 3 aromatic rings. The molecular weight excluding hydrogens is 374 g/mol. The molecule has 0 atom stereocenters. The molecule has 0 aliphatic heterocycles. The molecule has 0 bridgehead atoms. The largest absolute Gasteiger partial charge is 0.379 e. The summed E-state index contributed by atoms with van der Waals surface area (Å²) in [5.74, 6) is 0.832. The van der Waals surface area contributed by atoms with E-state index in [0.717, 1.165) is 6.07 Å². The van der Waals surface area contributed by atoms with Crippen LogP contribution in [0.4, 0.5) is 5.69 Å². The van der Waals surface area contributed by atoms with Crippen molar-refractivity contribution < 1.29 is 22.0 Å². The third-order valence-electron chi connectivity index (χ3n) is 3.93. The molecule has 0 amide bonds. The fourth-order valence-electron chi connectivity index (χ4n) is 2.42. The van der Waals surface area contributed by atoms with Crippen LogP contribution in [0.15, 0.2) is 45.8 Å². The van der Waals surface area contributed by atoms with Crippen molar-refractivity contribution in [2.75, 3.05) is 0 Å². The average molecular weight is 389 g/mol. The first-order chi connectivity index (χ1) is 12.7. The number of rotatable bonds is 5. The van der Waals surface area contributed by atoms with Gasteiger partial charge in [0.25, 0.3) is 5.69 Å². The van der Waals surface area contributed by atoms with Crippen LogP contribution in [0.1, 0.15) is 17.0 Å². The Balaban J connectivity index is 1.92. The van der Waals surface area contributed by atoms with Crippen molar-refractivity contribution in [3.63, 3.8) is 0 Å². The molecule has 1 heterocycles. The van der Waals surface area contributed by atoms with E-state index in [9.17, 15) is 18.5 Å². The van der Waals surface area contributed by atoms with Crippen LogP contribution in [0.25, 0.3) is 11.4 Å². The number of hydrogen-bond donors (Lipinski definition) is 0. The highest BCUT2D eigenvalue weighted by molar-refractivity contribution is 7.87. The summed E-state index contributed by atoms with van der Waals surface area (Å²) in [7, 11) is -4.25. The number of nitro groups is 1. The number of aryl methyl sites for hydroxylation is 2. The normalized spacial score (nSPS) is 11.4. The lowest BCUT2D eigenvalue weighted by molar-refractivity contribution is -0.385. The van der Waals surface area contributed by atoms with Gasteiger partial charge in [0.1, 0.15) is 10.6 Å². The maximum atomic E-state index is 12.6. The molecule has 9 nitrogen and oxygen atoms in total. The summed E-state index contributed by atoms with van der Waals surface area (Å²) in [6.07, 6.45) is 0. The smallest absolute Gasteiger partial charge is 0.339 e. The van der Waals surface area contributed by atoms with Crippen LogP contribution >= 0.6 is 0 Å². The molecule has 0 aliphatic rings.